The van der Waals surface area contributed by atoms with Crippen LogP contribution >= 0.6 is 0 Å². The van der Waals surface area contributed by atoms with Crippen molar-refractivity contribution in [1.82, 2.24) is 5.32 Å². The van der Waals surface area contributed by atoms with Crippen molar-refractivity contribution in [2.24, 2.45) is 5.41 Å². The van der Waals surface area contributed by atoms with Crippen molar-refractivity contribution in [2.45, 2.75) is 33.9 Å². The standard InChI is InChI=1S/C22H24F3N3O3/c1-13-8-9-15(18(29)26-12-22(23,24)25)11-17(13)28-19(30)14-6-5-7-16(10-14)27-20(31)21(2,3)4/h5-11H,12H2,1-4H3,(H,26,29)(H,27,31)(H,28,30). The fourth-order valence-electron chi connectivity index (χ4n) is 2.43. The highest BCUT2D eigenvalue weighted by atomic mass is 19.4. The van der Waals surface area contributed by atoms with E-state index >= 15 is 0 Å². The zero-order valence-electron chi connectivity index (χ0n) is 17.6. The first-order chi connectivity index (χ1) is 14.3. The number of aryl methyl sites for hydroxylation is 1. The molecular weight excluding hydrogens is 411 g/mol. The average molecular weight is 435 g/mol. The summed E-state index contributed by atoms with van der Waals surface area (Å²) in [7, 11) is 0. The Morgan fingerprint density at radius 2 is 1.52 bits per heavy atom. The number of carbonyl (C=O) groups excluding carboxylic acids is 3. The van der Waals surface area contributed by atoms with Gasteiger partial charge in [0, 0.05) is 27.9 Å². The summed E-state index contributed by atoms with van der Waals surface area (Å²) >= 11 is 0. The first kappa shape index (κ1) is 23.9. The summed E-state index contributed by atoms with van der Waals surface area (Å²) in [6.07, 6.45) is -4.52. The van der Waals surface area contributed by atoms with Crippen LogP contribution in [0.25, 0.3) is 0 Å². The summed E-state index contributed by atoms with van der Waals surface area (Å²) in [6.45, 7) is 5.53. The van der Waals surface area contributed by atoms with E-state index in [2.05, 4.69) is 10.6 Å². The number of alkyl halides is 3. The van der Waals surface area contributed by atoms with Crippen LogP contribution in [-0.4, -0.2) is 30.4 Å². The van der Waals surface area contributed by atoms with Crippen LogP contribution in [0.2, 0.25) is 0 Å². The minimum absolute atomic E-state index is 0.0173. The van der Waals surface area contributed by atoms with Gasteiger partial charge < -0.3 is 16.0 Å². The van der Waals surface area contributed by atoms with Gasteiger partial charge in [-0.2, -0.15) is 13.2 Å². The Balaban J connectivity index is 2.16. The molecule has 2 aromatic carbocycles. The predicted octanol–water partition coefficient (Wildman–Crippen LogP) is 4.52. The fraction of sp³-hybridized carbons (Fsp3) is 0.318. The molecule has 3 N–H and O–H groups in total. The molecule has 0 unspecified atom stereocenters. The van der Waals surface area contributed by atoms with Crippen LogP contribution < -0.4 is 16.0 Å². The van der Waals surface area contributed by atoms with Crippen LogP contribution in [0.3, 0.4) is 0 Å². The molecule has 6 nitrogen and oxygen atoms in total. The molecule has 3 amide bonds. The Morgan fingerprint density at radius 3 is 2.13 bits per heavy atom. The SMILES string of the molecule is Cc1ccc(C(=O)NCC(F)(F)F)cc1NC(=O)c1cccc(NC(=O)C(C)(C)C)c1. The molecule has 0 aromatic heterocycles. The number of hydrogen-bond acceptors (Lipinski definition) is 3. The second-order valence-electron chi connectivity index (χ2n) is 8.07. The van der Waals surface area contributed by atoms with Crippen LogP contribution in [0.1, 0.15) is 47.1 Å². The summed E-state index contributed by atoms with van der Waals surface area (Å²) in [4.78, 5) is 36.8. The number of benzene rings is 2. The molecule has 2 rings (SSSR count). The van der Waals surface area contributed by atoms with Gasteiger partial charge in [-0.1, -0.05) is 32.9 Å². The lowest BCUT2D eigenvalue weighted by Crippen LogP contribution is -2.33. The van der Waals surface area contributed by atoms with E-state index < -0.39 is 30.0 Å². The van der Waals surface area contributed by atoms with E-state index in [1.165, 1.54) is 24.3 Å². The smallest absolute Gasteiger partial charge is 0.343 e. The lowest BCUT2D eigenvalue weighted by Gasteiger charge is -2.18. The van der Waals surface area contributed by atoms with Crippen molar-refractivity contribution in [3.63, 3.8) is 0 Å². The average Bonchev–Trinajstić information content (AvgIpc) is 2.66. The molecule has 9 heteroatoms. The first-order valence-corrected chi connectivity index (χ1v) is 9.45. The number of nitrogens with one attached hydrogen (secondary N) is 3. The summed E-state index contributed by atoms with van der Waals surface area (Å²) in [5.74, 6) is -1.61. The summed E-state index contributed by atoms with van der Waals surface area (Å²) in [6, 6.07) is 10.5. The summed E-state index contributed by atoms with van der Waals surface area (Å²) < 4.78 is 36.9. The van der Waals surface area contributed by atoms with Gasteiger partial charge in [0.05, 0.1) is 0 Å². The van der Waals surface area contributed by atoms with Crippen LogP contribution in [0.4, 0.5) is 24.5 Å². The Morgan fingerprint density at radius 1 is 0.871 bits per heavy atom. The van der Waals surface area contributed by atoms with Crippen LogP contribution in [0.5, 0.6) is 0 Å². The van der Waals surface area contributed by atoms with Gasteiger partial charge in [0.15, 0.2) is 0 Å². The van der Waals surface area contributed by atoms with E-state index in [0.717, 1.165) is 0 Å². The Labute approximate surface area is 178 Å². The zero-order valence-corrected chi connectivity index (χ0v) is 17.6. The monoisotopic (exact) mass is 435 g/mol. The van der Waals surface area contributed by atoms with E-state index in [4.69, 9.17) is 0 Å². The Hall–Kier alpha value is -3.36. The Kier molecular flexibility index (Phi) is 7.09. The predicted molar refractivity (Wildman–Crippen MR) is 112 cm³/mol. The van der Waals surface area contributed by atoms with Gasteiger partial charge in [-0.3, -0.25) is 14.4 Å². The molecule has 0 bridgehead atoms. The van der Waals surface area contributed by atoms with E-state index in [1.807, 2.05) is 0 Å². The maximum atomic E-state index is 12.7. The first-order valence-electron chi connectivity index (χ1n) is 9.45. The summed E-state index contributed by atoms with van der Waals surface area (Å²) in [5, 5.41) is 7.18. The molecule has 0 aliphatic rings. The molecular formula is C22H24F3N3O3. The largest absolute Gasteiger partial charge is 0.405 e. The number of carbonyl (C=O) groups is 3. The van der Waals surface area contributed by atoms with Crippen LogP contribution in [0.15, 0.2) is 42.5 Å². The maximum absolute atomic E-state index is 12.7. The number of hydrogen-bond donors (Lipinski definition) is 3. The number of rotatable bonds is 5. The molecule has 166 valence electrons. The molecule has 0 saturated carbocycles. The van der Waals surface area contributed by atoms with Gasteiger partial charge >= 0.3 is 6.18 Å². The molecule has 0 spiro atoms. The zero-order chi connectivity index (χ0) is 23.4. The van der Waals surface area contributed by atoms with Crippen LogP contribution in [0, 0.1) is 12.3 Å². The second kappa shape index (κ2) is 9.20. The lowest BCUT2D eigenvalue weighted by atomic mass is 9.95. The van der Waals surface area contributed by atoms with E-state index in [-0.39, 0.29) is 22.7 Å². The third kappa shape index (κ3) is 7.13. The van der Waals surface area contributed by atoms with Crippen molar-refractivity contribution in [2.75, 3.05) is 17.2 Å². The Bertz CT molecular complexity index is 995. The molecule has 0 saturated heterocycles. The number of halogens is 3. The topological polar surface area (TPSA) is 87.3 Å². The normalized spacial score (nSPS) is 11.6. The van der Waals surface area contributed by atoms with Crippen molar-refractivity contribution in [3.8, 4) is 0 Å². The van der Waals surface area contributed by atoms with E-state index in [0.29, 0.717) is 11.3 Å². The minimum Gasteiger partial charge on any atom is -0.343 e. The highest BCUT2D eigenvalue weighted by molar-refractivity contribution is 6.06. The number of anilines is 2. The van der Waals surface area contributed by atoms with E-state index in [9.17, 15) is 27.6 Å². The second-order valence-corrected chi connectivity index (χ2v) is 8.07. The van der Waals surface area contributed by atoms with Gasteiger partial charge in [-0.05, 0) is 42.8 Å². The molecule has 0 fully saturated rings. The molecule has 0 radical (unpaired) electrons. The molecule has 0 heterocycles. The fourth-order valence-corrected chi connectivity index (χ4v) is 2.43. The highest BCUT2D eigenvalue weighted by Crippen LogP contribution is 2.21. The van der Waals surface area contributed by atoms with Crippen molar-refractivity contribution < 1.29 is 27.6 Å². The highest BCUT2D eigenvalue weighted by Gasteiger charge is 2.28. The minimum atomic E-state index is -4.52. The molecule has 0 atom stereocenters. The molecule has 0 aliphatic heterocycles. The van der Waals surface area contributed by atoms with Crippen molar-refractivity contribution >= 4 is 29.1 Å². The van der Waals surface area contributed by atoms with Crippen molar-refractivity contribution in [1.29, 1.82) is 0 Å². The van der Waals surface area contributed by atoms with Gasteiger partial charge in [0.1, 0.15) is 6.54 Å². The lowest BCUT2D eigenvalue weighted by molar-refractivity contribution is -0.123. The van der Waals surface area contributed by atoms with Crippen LogP contribution in [-0.2, 0) is 4.79 Å². The maximum Gasteiger partial charge on any atom is 0.405 e. The summed E-state index contributed by atoms with van der Waals surface area (Å²) in [5.41, 5.74) is 0.994. The van der Waals surface area contributed by atoms with E-state index in [1.54, 1.807) is 51.2 Å². The number of amides is 3. The van der Waals surface area contributed by atoms with Gasteiger partial charge in [0.25, 0.3) is 11.8 Å². The van der Waals surface area contributed by atoms with Gasteiger partial charge in [-0.25, -0.2) is 0 Å². The quantitative estimate of drug-likeness (QED) is 0.645. The third-order valence-corrected chi connectivity index (χ3v) is 4.26. The molecule has 2 aromatic rings. The van der Waals surface area contributed by atoms with Gasteiger partial charge in [-0.15, -0.1) is 0 Å². The molecule has 0 aliphatic carbocycles. The molecule has 31 heavy (non-hydrogen) atoms. The van der Waals surface area contributed by atoms with Gasteiger partial charge in [0.2, 0.25) is 5.91 Å². The third-order valence-electron chi connectivity index (χ3n) is 4.26. The van der Waals surface area contributed by atoms with Crippen molar-refractivity contribution in [3.05, 3.63) is 59.2 Å².